The molecule has 0 spiro atoms. The Bertz CT molecular complexity index is 862. The van der Waals surface area contributed by atoms with Crippen molar-refractivity contribution < 1.29 is 8.42 Å². The molecule has 0 amide bonds. The molecule has 0 saturated heterocycles. The number of aryl methyl sites for hydroxylation is 3. The molecule has 5 nitrogen and oxygen atoms in total. The third-order valence-electron chi connectivity index (χ3n) is 4.45. The molecule has 1 aromatic carbocycles. The summed E-state index contributed by atoms with van der Waals surface area (Å²) in [7, 11) is -1.94. The van der Waals surface area contributed by atoms with Gasteiger partial charge in [0.25, 0.3) is 10.0 Å². The van der Waals surface area contributed by atoms with Crippen molar-refractivity contribution in [1.82, 2.24) is 9.78 Å². The molecule has 0 bridgehead atoms. The van der Waals surface area contributed by atoms with Crippen LogP contribution in [0.25, 0.3) is 0 Å². The van der Waals surface area contributed by atoms with Crippen molar-refractivity contribution in [2.24, 2.45) is 7.05 Å². The fourth-order valence-corrected chi connectivity index (χ4v) is 4.40. The van der Waals surface area contributed by atoms with Crippen LogP contribution in [0.5, 0.6) is 0 Å². The van der Waals surface area contributed by atoms with Crippen LogP contribution < -0.4 is 4.72 Å². The summed E-state index contributed by atoms with van der Waals surface area (Å²) >= 11 is 0. The van der Waals surface area contributed by atoms with Gasteiger partial charge >= 0.3 is 0 Å². The summed E-state index contributed by atoms with van der Waals surface area (Å²) in [5.74, 6) is 0.470. The molecular weight excluding hydrogens is 322 g/mol. The molecule has 0 atom stereocenters. The summed E-state index contributed by atoms with van der Waals surface area (Å²) in [6.45, 7) is 13.7. The first-order chi connectivity index (χ1) is 10.8. The van der Waals surface area contributed by atoms with Crippen LogP contribution in [0.1, 0.15) is 48.7 Å². The Morgan fingerprint density at radius 2 is 1.50 bits per heavy atom. The highest BCUT2D eigenvalue weighted by Gasteiger charge is 2.25. The lowest BCUT2D eigenvalue weighted by Gasteiger charge is -2.16. The van der Waals surface area contributed by atoms with Crippen LogP contribution in [0.15, 0.2) is 17.0 Å². The smallest absolute Gasteiger partial charge is 0.263 e. The van der Waals surface area contributed by atoms with Gasteiger partial charge in [0.2, 0.25) is 0 Å². The molecule has 0 saturated carbocycles. The van der Waals surface area contributed by atoms with Crippen molar-refractivity contribution >= 4 is 15.8 Å². The van der Waals surface area contributed by atoms with Crippen LogP contribution in [0.3, 0.4) is 0 Å². The summed E-state index contributed by atoms with van der Waals surface area (Å²) in [6.07, 6.45) is 0. The first kappa shape index (κ1) is 18.5. The number of anilines is 1. The molecule has 2 aromatic rings. The van der Waals surface area contributed by atoms with Gasteiger partial charge in [-0.25, -0.2) is 8.42 Å². The Balaban J connectivity index is 2.53. The second kappa shape index (κ2) is 5.92. The van der Waals surface area contributed by atoms with E-state index < -0.39 is 10.0 Å². The van der Waals surface area contributed by atoms with Gasteiger partial charge in [0.15, 0.2) is 0 Å². The summed E-state index contributed by atoms with van der Waals surface area (Å²) in [6, 6.07) is 3.82. The maximum Gasteiger partial charge on any atom is 0.263 e. The zero-order valence-electron chi connectivity index (χ0n) is 15.8. The minimum Gasteiger partial charge on any atom is -0.264 e. The van der Waals surface area contributed by atoms with Crippen molar-refractivity contribution in [3.05, 3.63) is 40.1 Å². The molecule has 0 aliphatic carbocycles. The predicted molar refractivity (Wildman–Crippen MR) is 98.1 cm³/mol. The molecule has 6 heteroatoms. The summed E-state index contributed by atoms with van der Waals surface area (Å²) in [5.41, 5.74) is 4.20. The minimum atomic E-state index is -3.69. The number of rotatable bonds is 3. The van der Waals surface area contributed by atoms with E-state index in [0.29, 0.717) is 10.7 Å². The van der Waals surface area contributed by atoms with Gasteiger partial charge in [0.05, 0.1) is 10.6 Å². The summed E-state index contributed by atoms with van der Waals surface area (Å²) in [4.78, 5) is 0.360. The summed E-state index contributed by atoms with van der Waals surface area (Å²) in [5, 5.41) is 4.43. The molecule has 0 aliphatic heterocycles. The lowest BCUT2D eigenvalue weighted by atomic mass is 9.92. The van der Waals surface area contributed by atoms with E-state index in [4.69, 9.17) is 0 Å². The average molecular weight is 350 g/mol. The highest BCUT2D eigenvalue weighted by atomic mass is 32.2. The van der Waals surface area contributed by atoms with E-state index in [2.05, 4.69) is 9.82 Å². The second-order valence-electron chi connectivity index (χ2n) is 7.48. The van der Waals surface area contributed by atoms with E-state index in [1.54, 1.807) is 17.8 Å². The van der Waals surface area contributed by atoms with Crippen LogP contribution in [-0.2, 0) is 22.5 Å². The third kappa shape index (κ3) is 3.34. The molecule has 1 aromatic heterocycles. The van der Waals surface area contributed by atoms with Crippen LogP contribution in [0.4, 0.5) is 5.82 Å². The average Bonchev–Trinajstić information content (AvgIpc) is 2.77. The van der Waals surface area contributed by atoms with Crippen molar-refractivity contribution in [2.45, 2.75) is 58.8 Å². The molecule has 0 fully saturated rings. The van der Waals surface area contributed by atoms with E-state index >= 15 is 0 Å². The van der Waals surface area contributed by atoms with Crippen LogP contribution in [-0.4, -0.2) is 18.2 Å². The van der Waals surface area contributed by atoms with Gasteiger partial charge in [-0.3, -0.25) is 9.40 Å². The van der Waals surface area contributed by atoms with E-state index in [1.165, 1.54) is 0 Å². The van der Waals surface area contributed by atoms with Crippen LogP contribution in [0.2, 0.25) is 0 Å². The van der Waals surface area contributed by atoms with E-state index in [-0.39, 0.29) is 5.41 Å². The molecule has 0 aliphatic rings. The Kier molecular flexibility index (Phi) is 4.57. The van der Waals surface area contributed by atoms with Gasteiger partial charge in [0.1, 0.15) is 5.82 Å². The number of hydrogen-bond acceptors (Lipinski definition) is 3. The van der Waals surface area contributed by atoms with E-state index in [0.717, 1.165) is 27.9 Å². The minimum absolute atomic E-state index is 0.146. The van der Waals surface area contributed by atoms with Gasteiger partial charge in [-0.2, -0.15) is 5.10 Å². The Morgan fingerprint density at radius 3 is 1.92 bits per heavy atom. The van der Waals surface area contributed by atoms with Crippen molar-refractivity contribution in [1.29, 1.82) is 0 Å². The Labute approximate surface area is 145 Å². The predicted octanol–water partition coefficient (Wildman–Crippen LogP) is 3.75. The molecule has 24 heavy (non-hydrogen) atoms. The fourth-order valence-electron chi connectivity index (χ4n) is 2.70. The molecular formula is C18H27N3O2S. The molecule has 132 valence electrons. The molecule has 1 heterocycles. The van der Waals surface area contributed by atoms with Gasteiger partial charge in [-0.05, 0) is 49.9 Å². The zero-order chi connectivity index (χ0) is 18.4. The number of sulfonamides is 1. The maximum absolute atomic E-state index is 13.0. The largest absolute Gasteiger partial charge is 0.264 e. The first-order valence-corrected chi connectivity index (χ1v) is 9.47. The number of benzene rings is 1. The molecule has 0 unspecified atom stereocenters. The number of hydrogen-bond donors (Lipinski definition) is 1. The number of nitrogens with one attached hydrogen (secondary N) is 1. The first-order valence-electron chi connectivity index (χ1n) is 7.99. The lowest BCUT2D eigenvalue weighted by Crippen LogP contribution is -2.18. The standard InChI is InChI=1S/C18H27N3O2S/c1-11-9-12(2)14(4)17(13(11)3)24(22,23)20-16-10-15(18(5,6)7)19-21(16)8/h9-10,20H,1-8H3. The van der Waals surface area contributed by atoms with Gasteiger partial charge in [-0.1, -0.05) is 26.8 Å². The molecule has 1 N–H and O–H groups in total. The maximum atomic E-state index is 13.0. The van der Waals surface area contributed by atoms with E-state index in [9.17, 15) is 8.42 Å². The van der Waals surface area contributed by atoms with Crippen LogP contribution in [0, 0.1) is 27.7 Å². The second-order valence-corrected chi connectivity index (χ2v) is 9.10. The topological polar surface area (TPSA) is 64.0 Å². The highest BCUT2D eigenvalue weighted by Crippen LogP contribution is 2.29. The highest BCUT2D eigenvalue weighted by molar-refractivity contribution is 7.92. The van der Waals surface area contributed by atoms with Gasteiger partial charge in [0, 0.05) is 18.5 Å². The quantitative estimate of drug-likeness (QED) is 0.918. The number of aromatic nitrogens is 2. The Morgan fingerprint density at radius 1 is 1.00 bits per heavy atom. The molecule has 2 rings (SSSR count). The van der Waals surface area contributed by atoms with Crippen molar-refractivity contribution in [2.75, 3.05) is 4.72 Å². The van der Waals surface area contributed by atoms with Crippen molar-refractivity contribution in [3.8, 4) is 0 Å². The SMILES string of the molecule is Cc1cc(C)c(C)c(S(=O)(=O)Nc2cc(C(C)(C)C)nn2C)c1C. The Hall–Kier alpha value is -1.82. The number of nitrogens with zero attached hydrogens (tertiary/aromatic N) is 2. The lowest BCUT2D eigenvalue weighted by molar-refractivity contribution is 0.553. The third-order valence-corrected chi connectivity index (χ3v) is 6.08. The summed E-state index contributed by atoms with van der Waals surface area (Å²) < 4.78 is 30.3. The normalized spacial score (nSPS) is 12.5. The van der Waals surface area contributed by atoms with Crippen LogP contribution >= 0.6 is 0 Å². The monoisotopic (exact) mass is 349 g/mol. The molecule has 0 radical (unpaired) electrons. The van der Waals surface area contributed by atoms with E-state index in [1.807, 2.05) is 54.5 Å². The fraction of sp³-hybridized carbons (Fsp3) is 0.500. The van der Waals surface area contributed by atoms with Gasteiger partial charge in [-0.15, -0.1) is 0 Å². The van der Waals surface area contributed by atoms with Gasteiger partial charge < -0.3 is 0 Å². The zero-order valence-corrected chi connectivity index (χ0v) is 16.6. The van der Waals surface area contributed by atoms with Crippen molar-refractivity contribution in [3.63, 3.8) is 0 Å².